The van der Waals surface area contributed by atoms with Gasteiger partial charge < -0.3 is 18.7 Å². The number of carbonyl (C=O) groups excluding carboxylic acids is 1. The van der Waals surface area contributed by atoms with E-state index in [4.69, 9.17) is 13.9 Å². The second-order valence-electron chi connectivity index (χ2n) is 9.38. The summed E-state index contributed by atoms with van der Waals surface area (Å²) < 4.78 is 18.9. The standard InChI is InChI=1S/C22H36O4Si/c1-15-17(3)24-21(18-12-10-9-11-13-18)25-20(15)16(2)19(14-23)26-27(7,8)22(4,5)6/h9-17,19-21H,1-8H3/t15-,16-,17+,19+,20-,21+/m0/s1. The SMILES string of the molecule is C[C@@H]1[C@@H]([C@@H](C)[C@@H](C=O)O[Si](C)(C)C(C)(C)C)O[C@H](c2ccccc2)O[C@@H]1C. The molecule has 1 aliphatic heterocycles. The van der Waals surface area contributed by atoms with Crippen LogP contribution in [-0.2, 0) is 18.7 Å². The number of hydrogen-bond acceptors (Lipinski definition) is 4. The first-order valence-electron chi connectivity index (χ1n) is 9.97. The molecule has 0 bridgehead atoms. The van der Waals surface area contributed by atoms with Crippen molar-refractivity contribution in [3.8, 4) is 0 Å². The van der Waals surface area contributed by atoms with Crippen LogP contribution < -0.4 is 0 Å². The smallest absolute Gasteiger partial charge is 0.193 e. The van der Waals surface area contributed by atoms with Crippen LogP contribution in [0.1, 0.15) is 53.4 Å². The average molecular weight is 393 g/mol. The zero-order chi connectivity index (χ0) is 20.4. The van der Waals surface area contributed by atoms with Crippen LogP contribution in [-0.4, -0.2) is 32.9 Å². The lowest BCUT2D eigenvalue weighted by Crippen LogP contribution is -2.51. The van der Waals surface area contributed by atoms with Gasteiger partial charge in [-0.3, -0.25) is 0 Å². The summed E-state index contributed by atoms with van der Waals surface area (Å²) in [5.74, 6) is 0.120. The number of hydrogen-bond donors (Lipinski definition) is 0. The highest BCUT2D eigenvalue weighted by atomic mass is 28.4. The maximum Gasteiger partial charge on any atom is 0.193 e. The third kappa shape index (κ3) is 5.08. The predicted octanol–water partition coefficient (Wildman–Crippen LogP) is 5.35. The Hall–Kier alpha value is -1.01. The molecule has 0 aliphatic carbocycles. The predicted molar refractivity (Wildman–Crippen MR) is 111 cm³/mol. The molecule has 0 unspecified atom stereocenters. The third-order valence-corrected chi connectivity index (χ3v) is 10.8. The molecule has 4 nitrogen and oxygen atoms in total. The van der Waals surface area contributed by atoms with Gasteiger partial charge in [0.25, 0.3) is 0 Å². The second kappa shape index (κ2) is 8.56. The highest BCUT2D eigenvalue weighted by molar-refractivity contribution is 6.74. The van der Waals surface area contributed by atoms with Gasteiger partial charge in [-0.15, -0.1) is 0 Å². The fourth-order valence-electron chi connectivity index (χ4n) is 3.22. The summed E-state index contributed by atoms with van der Waals surface area (Å²) in [5.41, 5.74) is 1.00. The van der Waals surface area contributed by atoms with E-state index in [1.807, 2.05) is 30.3 Å². The molecule has 0 N–H and O–H groups in total. The summed E-state index contributed by atoms with van der Waals surface area (Å²) in [6, 6.07) is 9.97. The van der Waals surface area contributed by atoms with E-state index in [0.29, 0.717) is 0 Å². The molecule has 1 aromatic carbocycles. The molecule has 27 heavy (non-hydrogen) atoms. The van der Waals surface area contributed by atoms with E-state index in [1.165, 1.54) is 0 Å². The van der Waals surface area contributed by atoms with Crippen molar-refractivity contribution in [2.45, 2.75) is 84.3 Å². The summed E-state index contributed by atoms with van der Waals surface area (Å²) in [4.78, 5) is 11.9. The molecular formula is C22H36O4Si. The van der Waals surface area contributed by atoms with E-state index in [2.05, 4.69) is 54.6 Å². The zero-order valence-electron chi connectivity index (χ0n) is 18.1. The van der Waals surface area contributed by atoms with Gasteiger partial charge in [0.1, 0.15) is 12.4 Å². The van der Waals surface area contributed by atoms with Crippen molar-refractivity contribution in [3.63, 3.8) is 0 Å². The van der Waals surface area contributed by atoms with Gasteiger partial charge in [-0.25, -0.2) is 0 Å². The van der Waals surface area contributed by atoms with Crippen molar-refractivity contribution < 1.29 is 18.7 Å². The Labute approximate surface area is 165 Å². The normalized spacial score (nSPS) is 29.2. The van der Waals surface area contributed by atoms with Crippen molar-refractivity contribution in [2.24, 2.45) is 11.8 Å². The summed E-state index contributed by atoms with van der Waals surface area (Å²) in [7, 11) is -2.05. The maximum atomic E-state index is 11.9. The van der Waals surface area contributed by atoms with Crippen LogP contribution in [0.3, 0.4) is 0 Å². The van der Waals surface area contributed by atoms with E-state index in [1.54, 1.807) is 0 Å². The van der Waals surface area contributed by atoms with E-state index in [0.717, 1.165) is 11.8 Å². The lowest BCUT2D eigenvalue weighted by molar-refractivity contribution is -0.280. The van der Waals surface area contributed by atoms with Crippen molar-refractivity contribution in [1.29, 1.82) is 0 Å². The quantitative estimate of drug-likeness (QED) is 0.483. The van der Waals surface area contributed by atoms with Crippen LogP contribution in [0.2, 0.25) is 18.1 Å². The first-order chi connectivity index (χ1) is 12.5. The molecule has 6 atom stereocenters. The average Bonchev–Trinajstić information content (AvgIpc) is 2.61. The van der Waals surface area contributed by atoms with Gasteiger partial charge in [-0.1, -0.05) is 65.0 Å². The number of rotatable bonds is 6. The summed E-state index contributed by atoms with van der Waals surface area (Å²) in [6.07, 6.45) is -0.000553. The molecule has 0 saturated carbocycles. The fraction of sp³-hybridized carbons (Fsp3) is 0.682. The van der Waals surface area contributed by atoms with Crippen molar-refractivity contribution in [1.82, 2.24) is 0 Å². The van der Waals surface area contributed by atoms with Crippen LogP contribution in [0.5, 0.6) is 0 Å². The van der Waals surface area contributed by atoms with Crippen molar-refractivity contribution in [3.05, 3.63) is 35.9 Å². The molecule has 0 aromatic heterocycles. The molecule has 1 saturated heterocycles. The molecule has 1 aliphatic rings. The molecule has 5 heteroatoms. The molecule has 1 heterocycles. The number of benzene rings is 1. The Morgan fingerprint density at radius 1 is 1.11 bits per heavy atom. The third-order valence-electron chi connectivity index (χ3n) is 6.36. The first kappa shape index (κ1) is 22.3. The molecule has 1 fully saturated rings. The van der Waals surface area contributed by atoms with Gasteiger partial charge in [0.05, 0.1) is 12.2 Å². The lowest BCUT2D eigenvalue weighted by atomic mass is 9.85. The summed E-state index contributed by atoms with van der Waals surface area (Å²) in [5, 5.41) is 0.0516. The van der Waals surface area contributed by atoms with Crippen molar-refractivity contribution >= 4 is 14.6 Å². The van der Waals surface area contributed by atoms with E-state index >= 15 is 0 Å². The highest BCUT2D eigenvalue weighted by Crippen LogP contribution is 2.41. The van der Waals surface area contributed by atoms with Crippen LogP contribution >= 0.6 is 0 Å². The van der Waals surface area contributed by atoms with E-state index < -0.39 is 20.7 Å². The maximum absolute atomic E-state index is 11.9. The molecule has 152 valence electrons. The molecule has 1 aromatic rings. The van der Waals surface area contributed by atoms with Crippen LogP contribution in [0.4, 0.5) is 0 Å². The van der Waals surface area contributed by atoms with Crippen LogP contribution in [0.25, 0.3) is 0 Å². The largest absolute Gasteiger partial charge is 0.407 e. The molecule has 0 amide bonds. The summed E-state index contributed by atoms with van der Waals surface area (Å²) >= 11 is 0. The van der Waals surface area contributed by atoms with Crippen LogP contribution in [0.15, 0.2) is 30.3 Å². The Kier molecular flexibility index (Phi) is 7.06. The number of aldehydes is 1. The minimum atomic E-state index is -2.05. The Balaban J connectivity index is 2.20. The van der Waals surface area contributed by atoms with E-state index in [9.17, 15) is 4.79 Å². The number of ether oxygens (including phenoxy) is 2. The second-order valence-corrected chi connectivity index (χ2v) is 14.1. The zero-order valence-corrected chi connectivity index (χ0v) is 19.1. The van der Waals surface area contributed by atoms with Gasteiger partial charge in [0, 0.05) is 17.4 Å². The Morgan fingerprint density at radius 3 is 2.22 bits per heavy atom. The Bertz CT molecular complexity index is 610. The molecular weight excluding hydrogens is 356 g/mol. The molecule has 0 spiro atoms. The Morgan fingerprint density at radius 2 is 1.70 bits per heavy atom. The summed E-state index contributed by atoms with van der Waals surface area (Å²) in [6.45, 7) is 17.2. The number of carbonyl (C=O) groups is 1. The van der Waals surface area contributed by atoms with Gasteiger partial charge in [0.15, 0.2) is 14.6 Å². The highest BCUT2D eigenvalue weighted by Gasteiger charge is 2.44. The van der Waals surface area contributed by atoms with E-state index in [-0.39, 0.29) is 29.1 Å². The molecule has 0 radical (unpaired) electrons. The molecule has 2 rings (SSSR count). The van der Waals surface area contributed by atoms with Crippen LogP contribution in [0, 0.1) is 11.8 Å². The topological polar surface area (TPSA) is 44.8 Å². The van der Waals surface area contributed by atoms with Gasteiger partial charge in [0.2, 0.25) is 0 Å². The minimum Gasteiger partial charge on any atom is -0.407 e. The van der Waals surface area contributed by atoms with Crippen molar-refractivity contribution in [2.75, 3.05) is 0 Å². The first-order valence-corrected chi connectivity index (χ1v) is 12.9. The minimum absolute atomic E-state index is 0.0385. The van der Waals surface area contributed by atoms with Gasteiger partial charge in [-0.2, -0.15) is 0 Å². The van der Waals surface area contributed by atoms with Gasteiger partial charge >= 0.3 is 0 Å². The monoisotopic (exact) mass is 392 g/mol. The van der Waals surface area contributed by atoms with Gasteiger partial charge in [-0.05, 0) is 25.1 Å². The fourth-order valence-corrected chi connectivity index (χ4v) is 4.52. The lowest BCUT2D eigenvalue weighted by Gasteiger charge is -2.45.